The molecule has 0 aromatic carbocycles. The normalized spacial score (nSPS) is 12.4. The van der Waals surface area contributed by atoms with Gasteiger partial charge in [-0.25, -0.2) is 0 Å². The van der Waals surface area contributed by atoms with Crippen LogP contribution in [0.4, 0.5) is 0 Å². The van der Waals surface area contributed by atoms with E-state index >= 15 is 0 Å². The molecule has 0 heterocycles. The minimum atomic E-state index is -0.761. The first-order valence-electron chi connectivity index (χ1n) is 26.9. The Kier molecular flexibility index (Phi) is 47.2. The van der Waals surface area contributed by atoms with Gasteiger partial charge in [0.1, 0.15) is 13.2 Å². The lowest BCUT2D eigenvalue weighted by molar-refractivity contribution is -0.167. The largest absolute Gasteiger partial charge is 0.462 e. The molecule has 0 spiro atoms. The van der Waals surface area contributed by atoms with Crippen LogP contribution in [-0.2, 0) is 28.6 Å². The molecule has 2 atom stereocenters. The maximum Gasteiger partial charge on any atom is 0.306 e. The average molecular weight is 849 g/mol. The summed E-state index contributed by atoms with van der Waals surface area (Å²) in [5, 5.41) is 0. The second-order valence-electron chi connectivity index (χ2n) is 18.8. The van der Waals surface area contributed by atoms with E-state index in [9.17, 15) is 14.4 Å². The number of esters is 3. The molecule has 0 aromatic heterocycles. The molecule has 0 N–H and O–H groups in total. The smallest absolute Gasteiger partial charge is 0.306 e. The minimum Gasteiger partial charge on any atom is -0.462 e. The zero-order valence-electron chi connectivity index (χ0n) is 40.9. The summed E-state index contributed by atoms with van der Waals surface area (Å²) in [7, 11) is 0. The highest BCUT2D eigenvalue weighted by Gasteiger charge is 2.19. The van der Waals surface area contributed by atoms with Gasteiger partial charge in [0.05, 0.1) is 0 Å². The predicted octanol–water partition coefficient (Wildman–Crippen LogP) is 17.5. The van der Waals surface area contributed by atoms with Crippen LogP contribution in [0.1, 0.15) is 304 Å². The Labute approximate surface area is 374 Å². The summed E-state index contributed by atoms with van der Waals surface area (Å²) in [5.41, 5.74) is 0. The molecule has 0 saturated heterocycles. The van der Waals surface area contributed by atoms with Crippen molar-refractivity contribution in [2.75, 3.05) is 13.2 Å². The maximum absolute atomic E-state index is 12.8. The monoisotopic (exact) mass is 849 g/mol. The number of hydrogen-bond acceptors (Lipinski definition) is 6. The van der Waals surface area contributed by atoms with Crippen molar-refractivity contribution in [1.82, 2.24) is 0 Å². The highest BCUT2D eigenvalue weighted by Crippen LogP contribution is 2.18. The molecule has 6 nitrogen and oxygen atoms in total. The van der Waals surface area contributed by atoms with Crippen molar-refractivity contribution >= 4 is 17.9 Å². The van der Waals surface area contributed by atoms with E-state index in [-0.39, 0.29) is 31.1 Å². The van der Waals surface area contributed by atoms with E-state index in [2.05, 4.69) is 27.7 Å². The van der Waals surface area contributed by atoms with Crippen molar-refractivity contribution in [3.05, 3.63) is 0 Å². The van der Waals surface area contributed by atoms with E-state index in [1.165, 1.54) is 199 Å². The Morgan fingerprint density at radius 2 is 0.583 bits per heavy atom. The van der Waals surface area contributed by atoms with Gasteiger partial charge in [-0.2, -0.15) is 0 Å². The third kappa shape index (κ3) is 45.9. The first kappa shape index (κ1) is 58.4. The Balaban J connectivity index is 4.27. The second kappa shape index (κ2) is 48.4. The lowest BCUT2D eigenvalue weighted by Gasteiger charge is -2.18. The molecule has 0 bridgehead atoms. The molecular formula is C54H104O6. The fourth-order valence-electron chi connectivity index (χ4n) is 8.19. The van der Waals surface area contributed by atoms with Crippen molar-refractivity contribution in [3.63, 3.8) is 0 Å². The molecule has 0 saturated carbocycles. The second-order valence-corrected chi connectivity index (χ2v) is 18.8. The lowest BCUT2D eigenvalue weighted by atomic mass is 9.99. The minimum absolute atomic E-state index is 0.0628. The van der Waals surface area contributed by atoms with Gasteiger partial charge < -0.3 is 14.2 Å². The summed E-state index contributed by atoms with van der Waals surface area (Å²) in [5.74, 6) is 0.00413. The van der Waals surface area contributed by atoms with Crippen molar-refractivity contribution < 1.29 is 28.6 Å². The summed E-state index contributed by atoms with van der Waals surface area (Å²) in [6.07, 6.45) is 50.8. The van der Waals surface area contributed by atoms with Crippen LogP contribution in [0.2, 0.25) is 0 Å². The summed E-state index contributed by atoms with van der Waals surface area (Å²) >= 11 is 0. The molecule has 0 aromatic rings. The van der Waals surface area contributed by atoms with Gasteiger partial charge in [-0.05, 0) is 25.2 Å². The van der Waals surface area contributed by atoms with Crippen LogP contribution in [0.15, 0.2) is 0 Å². The Bertz CT molecular complexity index is 905. The zero-order valence-corrected chi connectivity index (χ0v) is 40.9. The molecule has 0 aliphatic carbocycles. The Morgan fingerprint density at radius 3 is 0.867 bits per heavy atom. The summed E-state index contributed by atoms with van der Waals surface area (Å²) in [4.78, 5) is 38.0. The van der Waals surface area contributed by atoms with Gasteiger partial charge >= 0.3 is 17.9 Å². The molecule has 0 amide bonds. The SMILES string of the molecule is CCCCCCCCCCCCCCCCCCCCC(=O)OC[C@H](COC(=O)CCCCCCCCCCC(C)CC)OC(=O)CCCCCCCCCCCCCC. The molecule has 0 aliphatic rings. The first-order chi connectivity index (χ1) is 29.4. The highest BCUT2D eigenvalue weighted by molar-refractivity contribution is 5.71. The van der Waals surface area contributed by atoms with Gasteiger partial charge in [0, 0.05) is 19.3 Å². The molecule has 6 heteroatoms. The van der Waals surface area contributed by atoms with Gasteiger partial charge in [-0.1, -0.05) is 265 Å². The summed E-state index contributed by atoms with van der Waals surface area (Å²) < 4.78 is 16.8. The van der Waals surface area contributed by atoms with Crippen molar-refractivity contribution in [2.45, 2.75) is 310 Å². The Morgan fingerprint density at radius 1 is 0.333 bits per heavy atom. The quantitative estimate of drug-likeness (QED) is 0.0345. The van der Waals surface area contributed by atoms with Crippen molar-refractivity contribution in [2.24, 2.45) is 5.92 Å². The standard InChI is InChI=1S/C54H104O6/c1-5-8-10-12-14-16-18-20-21-22-23-24-25-27-28-33-37-41-45-52(55)58-48-51(60-54(57)47-43-39-35-29-26-19-17-15-13-11-9-6-2)49-59-53(56)46-42-38-34-31-30-32-36-40-44-50(4)7-3/h50-51H,5-49H2,1-4H3/t50?,51-/m1/s1. The molecular weight excluding hydrogens is 745 g/mol. The van der Waals surface area contributed by atoms with Crippen LogP contribution in [-0.4, -0.2) is 37.2 Å². The summed E-state index contributed by atoms with van der Waals surface area (Å²) in [6, 6.07) is 0. The van der Waals surface area contributed by atoms with Crippen LogP contribution >= 0.6 is 0 Å². The van der Waals surface area contributed by atoms with Crippen molar-refractivity contribution in [3.8, 4) is 0 Å². The number of unbranched alkanes of at least 4 members (excludes halogenated alkanes) is 35. The number of hydrogen-bond donors (Lipinski definition) is 0. The van der Waals surface area contributed by atoms with E-state index in [0.29, 0.717) is 19.3 Å². The van der Waals surface area contributed by atoms with E-state index in [0.717, 1.165) is 63.7 Å². The fourth-order valence-corrected chi connectivity index (χ4v) is 8.19. The van der Waals surface area contributed by atoms with E-state index in [1.807, 2.05) is 0 Å². The van der Waals surface area contributed by atoms with Gasteiger partial charge in [0.15, 0.2) is 6.10 Å². The third-order valence-electron chi connectivity index (χ3n) is 12.7. The lowest BCUT2D eigenvalue weighted by Crippen LogP contribution is -2.30. The first-order valence-corrected chi connectivity index (χ1v) is 26.9. The van der Waals surface area contributed by atoms with Crippen LogP contribution in [0.3, 0.4) is 0 Å². The van der Waals surface area contributed by atoms with E-state index in [4.69, 9.17) is 14.2 Å². The molecule has 0 rings (SSSR count). The number of ether oxygens (including phenoxy) is 3. The topological polar surface area (TPSA) is 78.9 Å². The number of carbonyl (C=O) groups is 3. The molecule has 0 aliphatic heterocycles. The number of carbonyl (C=O) groups excluding carboxylic acids is 3. The van der Waals surface area contributed by atoms with Crippen LogP contribution in [0.25, 0.3) is 0 Å². The van der Waals surface area contributed by atoms with Crippen molar-refractivity contribution in [1.29, 1.82) is 0 Å². The molecule has 0 fully saturated rings. The van der Waals surface area contributed by atoms with E-state index < -0.39 is 6.10 Å². The van der Waals surface area contributed by atoms with E-state index in [1.54, 1.807) is 0 Å². The van der Waals surface area contributed by atoms with Gasteiger partial charge in [-0.3, -0.25) is 14.4 Å². The average Bonchev–Trinajstić information content (AvgIpc) is 3.25. The van der Waals surface area contributed by atoms with Gasteiger partial charge in [0.25, 0.3) is 0 Å². The maximum atomic E-state index is 12.8. The Hall–Kier alpha value is -1.59. The molecule has 60 heavy (non-hydrogen) atoms. The van der Waals surface area contributed by atoms with Crippen LogP contribution in [0, 0.1) is 5.92 Å². The highest BCUT2D eigenvalue weighted by atomic mass is 16.6. The molecule has 0 radical (unpaired) electrons. The van der Waals surface area contributed by atoms with Gasteiger partial charge in [-0.15, -0.1) is 0 Å². The summed E-state index contributed by atoms with van der Waals surface area (Å²) in [6.45, 7) is 9.04. The van der Waals surface area contributed by atoms with Crippen LogP contribution < -0.4 is 0 Å². The zero-order chi connectivity index (χ0) is 43.8. The van der Waals surface area contributed by atoms with Crippen LogP contribution in [0.5, 0.6) is 0 Å². The van der Waals surface area contributed by atoms with Gasteiger partial charge in [0.2, 0.25) is 0 Å². The number of rotatable bonds is 49. The molecule has 1 unspecified atom stereocenters. The third-order valence-corrected chi connectivity index (χ3v) is 12.7. The predicted molar refractivity (Wildman–Crippen MR) is 257 cm³/mol. The molecule has 356 valence electrons. The fraction of sp³-hybridized carbons (Fsp3) is 0.944.